The van der Waals surface area contributed by atoms with E-state index in [1.807, 2.05) is 31.4 Å². The summed E-state index contributed by atoms with van der Waals surface area (Å²) >= 11 is 3.20. The van der Waals surface area contributed by atoms with Gasteiger partial charge in [-0.1, -0.05) is 83.2 Å². The summed E-state index contributed by atoms with van der Waals surface area (Å²) in [7, 11) is 0. The Bertz CT molecular complexity index is 1200. The molecule has 8 heteroatoms. The zero-order valence-corrected chi connectivity index (χ0v) is 24.8. The van der Waals surface area contributed by atoms with E-state index in [9.17, 15) is 4.79 Å². The van der Waals surface area contributed by atoms with E-state index in [2.05, 4.69) is 76.8 Å². The van der Waals surface area contributed by atoms with E-state index in [-0.39, 0.29) is 15.9 Å². The number of fused-ring (bicyclic) bond motifs is 1. The topological polar surface area (TPSA) is 72.3 Å². The van der Waals surface area contributed by atoms with Gasteiger partial charge in [-0.05, 0) is 51.0 Å². The molecule has 198 valence electrons. The van der Waals surface area contributed by atoms with E-state index in [1.54, 1.807) is 27.6 Å². The number of nitrogens with zero attached hydrogens (tertiary/aromatic N) is 3. The van der Waals surface area contributed by atoms with Crippen LogP contribution in [-0.4, -0.2) is 36.5 Å². The van der Waals surface area contributed by atoms with Gasteiger partial charge in [0, 0.05) is 10.8 Å². The first-order chi connectivity index (χ1) is 17.0. The number of aromatic nitrogens is 4. The van der Waals surface area contributed by atoms with E-state index in [1.165, 1.54) is 11.6 Å². The van der Waals surface area contributed by atoms with Crippen LogP contribution in [0.3, 0.4) is 0 Å². The van der Waals surface area contributed by atoms with E-state index in [0.29, 0.717) is 29.2 Å². The maximum absolute atomic E-state index is 12.0. The number of aromatic amines is 1. The second-order valence-electron chi connectivity index (χ2n) is 9.88. The molecule has 0 aliphatic carbocycles. The van der Waals surface area contributed by atoms with Gasteiger partial charge < -0.3 is 4.74 Å². The van der Waals surface area contributed by atoms with Crippen molar-refractivity contribution in [1.29, 1.82) is 0 Å². The van der Waals surface area contributed by atoms with Gasteiger partial charge in [0.2, 0.25) is 0 Å². The molecule has 0 amide bonds. The molecule has 1 unspecified atom stereocenters. The first-order valence-corrected chi connectivity index (χ1v) is 14.4. The summed E-state index contributed by atoms with van der Waals surface area (Å²) in [6, 6.07) is 5.48. The van der Waals surface area contributed by atoms with Crippen LogP contribution in [0.2, 0.25) is 0 Å². The fourth-order valence-corrected chi connectivity index (χ4v) is 5.93. The summed E-state index contributed by atoms with van der Waals surface area (Å²) in [6.07, 6.45) is 8.48. The van der Waals surface area contributed by atoms with Crippen LogP contribution in [0.15, 0.2) is 57.3 Å². The molecular weight excluding hydrogens is 488 g/mol. The summed E-state index contributed by atoms with van der Waals surface area (Å²) in [5, 5.41) is 5.54. The quantitative estimate of drug-likeness (QED) is 0.202. The summed E-state index contributed by atoms with van der Waals surface area (Å²) in [4.78, 5) is 22.4. The zero-order valence-electron chi connectivity index (χ0n) is 23.2. The molecular formula is C28H42N4O2S2. The lowest BCUT2D eigenvalue weighted by molar-refractivity contribution is -0.0126. The van der Waals surface area contributed by atoms with Crippen LogP contribution in [0.5, 0.6) is 0 Å². The van der Waals surface area contributed by atoms with Crippen molar-refractivity contribution < 1.29 is 4.74 Å². The molecule has 0 saturated carbocycles. The maximum Gasteiger partial charge on any atom is 0.266 e. The highest BCUT2D eigenvalue weighted by molar-refractivity contribution is 8.00. The monoisotopic (exact) mass is 530 g/mol. The highest BCUT2D eigenvalue weighted by atomic mass is 32.2. The number of rotatable bonds is 11. The highest BCUT2D eigenvalue weighted by Crippen LogP contribution is 2.39. The molecule has 0 fully saturated rings. The van der Waals surface area contributed by atoms with Crippen LogP contribution in [-0.2, 0) is 4.74 Å². The van der Waals surface area contributed by atoms with Crippen molar-refractivity contribution in [2.24, 2.45) is 5.92 Å². The number of nitrogens with one attached hydrogen (secondary N) is 1. The van der Waals surface area contributed by atoms with Gasteiger partial charge in [0.05, 0.1) is 17.1 Å². The predicted octanol–water partition coefficient (Wildman–Crippen LogP) is 7.78. The van der Waals surface area contributed by atoms with Crippen molar-refractivity contribution in [3.05, 3.63) is 57.7 Å². The second-order valence-corrected chi connectivity index (χ2v) is 12.5. The molecule has 1 atom stereocenters. The van der Waals surface area contributed by atoms with Crippen molar-refractivity contribution in [1.82, 2.24) is 19.6 Å². The molecule has 0 spiro atoms. The minimum Gasteiger partial charge on any atom is -0.371 e. The molecule has 3 aromatic heterocycles. The van der Waals surface area contributed by atoms with Gasteiger partial charge in [-0.2, -0.15) is 0 Å². The van der Waals surface area contributed by atoms with Gasteiger partial charge in [-0.3, -0.25) is 9.89 Å². The lowest BCUT2D eigenvalue weighted by Crippen LogP contribution is -2.34. The average molecular weight is 531 g/mol. The van der Waals surface area contributed by atoms with Crippen LogP contribution in [0, 0.1) is 5.92 Å². The van der Waals surface area contributed by atoms with Gasteiger partial charge in [-0.25, -0.2) is 14.5 Å². The molecule has 3 rings (SSSR count). The number of thioether (sulfide) groups is 1. The minimum absolute atomic E-state index is 0.189. The Morgan fingerprint density at radius 3 is 2.64 bits per heavy atom. The predicted molar refractivity (Wildman–Crippen MR) is 155 cm³/mol. The lowest BCUT2D eigenvalue weighted by atomic mass is 9.95. The van der Waals surface area contributed by atoms with Crippen molar-refractivity contribution in [2.75, 3.05) is 6.61 Å². The molecule has 0 bridgehead atoms. The molecule has 0 aliphatic rings. The Morgan fingerprint density at radius 1 is 1.28 bits per heavy atom. The molecule has 36 heavy (non-hydrogen) atoms. The lowest BCUT2D eigenvalue weighted by Gasteiger charge is -2.34. The third kappa shape index (κ3) is 9.05. The van der Waals surface area contributed by atoms with Crippen molar-refractivity contribution in [2.45, 2.75) is 90.7 Å². The summed E-state index contributed by atoms with van der Waals surface area (Å²) in [6.45, 7) is 19.7. The van der Waals surface area contributed by atoms with Crippen LogP contribution >= 0.6 is 23.1 Å². The molecule has 0 radical (unpaired) electrons. The van der Waals surface area contributed by atoms with Crippen LogP contribution in [0.4, 0.5) is 0 Å². The van der Waals surface area contributed by atoms with E-state index in [4.69, 9.17) is 9.72 Å². The Kier molecular flexibility index (Phi) is 11.2. The average Bonchev–Trinajstić information content (AvgIpc) is 3.46. The fraction of sp³-hybridized carbons (Fsp3) is 0.536. The SMILES string of the molecule is CC.CC/C(C)=C\C(C)C=CCOC(C)(C)CC(C)(C)Sc1nc(-c2cccs2)nc2cc(=O)[nH]n12. The number of thiophene rings is 1. The van der Waals surface area contributed by atoms with Crippen LogP contribution in [0.25, 0.3) is 16.3 Å². The van der Waals surface area contributed by atoms with E-state index >= 15 is 0 Å². The standard InChI is InChI=1S/C26H36N4O2S2.C2H6/c1-8-18(2)15-19(3)11-9-13-32-25(4,5)17-26(6,7)34-24-28-23(20-12-10-14-33-20)27-21-16-22(31)29-30(21)24;1-2/h9-12,14-16,19H,8,13,17H2,1-7H3,(H,29,31);1-2H3/b11-9?,18-15-;. The molecule has 0 aliphatic heterocycles. The first-order valence-electron chi connectivity index (χ1n) is 12.7. The summed E-state index contributed by atoms with van der Waals surface area (Å²) in [5.74, 6) is 1.04. The normalized spacial score (nSPS) is 13.8. The highest BCUT2D eigenvalue weighted by Gasteiger charge is 2.32. The van der Waals surface area contributed by atoms with Gasteiger partial charge in [0.15, 0.2) is 16.6 Å². The molecule has 1 N–H and O–H groups in total. The van der Waals surface area contributed by atoms with Gasteiger partial charge in [-0.15, -0.1) is 11.3 Å². The van der Waals surface area contributed by atoms with E-state index < -0.39 is 0 Å². The number of hydrogen-bond donors (Lipinski definition) is 1. The number of allylic oxidation sites excluding steroid dienone is 3. The molecule has 0 aromatic carbocycles. The number of H-pyrrole nitrogens is 1. The van der Waals surface area contributed by atoms with Crippen molar-refractivity contribution >= 4 is 28.7 Å². The second kappa shape index (κ2) is 13.4. The first kappa shape index (κ1) is 30.1. The maximum atomic E-state index is 12.0. The van der Waals surface area contributed by atoms with Crippen LogP contribution < -0.4 is 5.56 Å². The molecule has 0 saturated heterocycles. The van der Waals surface area contributed by atoms with E-state index in [0.717, 1.165) is 17.7 Å². The van der Waals surface area contributed by atoms with Gasteiger partial charge >= 0.3 is 0 Å². The Morgan fingerprint density at radius 2 is 2.00 bits per heavy atom. The molecule has 6 nitrogen and oxygen atoms in total. The number of hydrogen-bond acceptors (Lipinski definition) is 6. The third-order valence-corrected chi connectivity index (χ3v) is 7.42. The summed E-state index contributed by atoms with van der Waals surface area (Å²) < 4.78 is 7.72. The minimum atomic E-state index is -0.327. The third-order valence-electron chi connectivity index (χ3n) is 5.40. The van der Waals surface area contributed by atoms with Crippen molar-refractivity contribution in [3.63, 3.8) is 0 Å². The Hall–Kier alpha value is -2.16. The fourth-order valence-electron chi connectivity index (χ4n) is 3.99. The zero-order chi connectivity index (χ0) is 26.9. The van der Waals surface area contributed by atoms with Crippen molar-refractivity contribution in [3.8, 4) is 10.7 Å². The number of ether oxygens (including phenoxy) is 1. The Labute approximate surface area is 224 Å². The molecule has 3 aromatic rings. The van der Waals surface area contributed by atoms with Crippen LogP contribution in [0.1, 0.15) is 75.2 Å². The van der Waals surface area contributed by atoms with Gasteiger partial charge in [0.25, 0.3) is 5.56 Å². The van der Waals surface area contributed by atoms with Gasteiger partial charge in [0.1, 0.15) is 0 Å². The molecule has 3 heterocycles. The Balaban J connectivity index is 0.00000222. The largest absolute Gasteiger partial charge is 0.371 e. The summed E-state index contributed by atoms with van der Waals surface area (Å²) in [5.41, 5.74) is 1.46. The smallest absolute Gasteiger partial charge is 0.266 e.